The monoisotopic (exact) mass is 498 g/mol. The first-order valence-corrected chi connectivity index (χ1v) is 13.1. The van der Waals surface area contributed by atoms with Gasteiger partial charge in [0.05, 0.1) is 26.7 Å². The molecule has 5 rings (SSSR count). The topological polar surface area (TPSA) is 58.2 Å². The standard InChI is InChI=1S/C26H24Cl2N2O2S/c1-15-6-10-24(16(2)12-15)30-33(31,32)18-8-11-25-21(14-18)19-4-3-5-20(19)26(29-25)17-7-9-22(27)23(28)13-17/h3-4,6-14,19-20,26,29-30H,5H2,1-2H3. The molecule has 3 unspecified atom stereocenters. The molecule has 0 amide bonds. The second-order valence-electron chi connectivity index (χ2n) is 8.82. The summed E-state index contributed by atoms with van der Waals surface area (Å²) in [6.45, 7) is 3.89. The number of aryl methyl sites for hydroxylation is 2. The van der Waals surface area contributed by atoms with Crippen molar-refractivity contribution in [2.24, 2.45) is 5.92 Å². The molecule has 0 saturated heterocycles. The van der Waals surface area contributed by atoms with Gasteiger partial charge in [0.15, 0.2) is 0 Å². The fourth-order valence-electron chi connectivity index (χ4n) is 4.91. The number of allylic oxidation sites excluding steroid dienone is 2. The molecule has 3 atom stereocenters. The lowest BCUT2D eigenvalue weighted by molar-refractivity contribution is 0.425. The van der Waals surface area contributed by atoms with Gasteiger partial charge < -0.3 is 5.32 Å². The molecule has 3 aromatic rings. The Hall–Kier alpha value is -2.47. The maximum atomic E-state index is 13.2. The van der Waals surface area contributed by atoms with Gasteiger partial charge in [0.2, 0.25) is 0 Å². The Morgan fingerprint density at radius 1 is 0.970 bits per heavy atom. The van der Waals surface area contributed by atoms with Gasteiger partial charge in [-0.25, -0.2) is 8.42 Å². The van der Waals surface area contributed by atoms with E-state index in [1.54, 1.807) is 18.2 Å². The van der Waals surface area contributed by atoms with Crippen LogP contribution in [0.25, 0.3) is 0 Å². The van der Waals surface area contributed by atoms with E-state index in [9.17, 15) is 8.42 Å². The van der Waals surface area contributed by atoms with Crippen molar-refractivity contribution in [1.82, 2.24) is 0 Å². The molecule has 170 valence electrons. The van der Waals surface area contributed by atoms with Gasteiger partial charge in [0.25, 0.3) is 10.0 Å². The van der Waals surface area contributed by atoms with Crippen molar-refractivity contribution in [1.29, 1.82) is 0 Å². The lowest BCUT2D eigenvalue weighted by Gasteiger charge is -2.37. The fourth-order valence-corrected chi connectivity index (χ4v) is 6.38. The Bertz CT molecular complexity index is 1390. The van der Waals surface area contributed by atoms with E-state index in [0.29, 0.717) is 15.7 Å². The second kappa shape index (κ2) is 8.39. The van der Waals surface area contributed by atoms with E-state index in [1.807, 2.05) is 50.2 Å². The number of sulfonamides is 1. The summed E-state index contributed by atoms with van der Waals surface area (Å²) in [5.74, 6) is 0.386. The zero-order valence-electron chi connectivity index (χ0n) is 18.3. The Kier molecular flexibility index (Phi) is 5.68. The van der Waals surface area contributed by atoms with Gasteiger partial charge in [-0.2, -0.15) is 0 Å². The summed E-state index contributed by atoms with van der Waals surface area (Å²) in [5.41, 5.74) is 5.57. The first kappa shape index (κ1) is 22.3. The summed E-state index contributed by atoms with van der Waals surface area (Å²) in [6.07, 6.45) is 5.26. The van der Waals surface area contributed by atoms with Crippen molar-refractivity contribution >= 4 is 44.6 Å². The minimum atomic E-state index is -3.72. The number of hydrogen-bond donors (Lipinski definition) is 2. The summed E-state index contributed by atoms with van der Waals surface area (Å²) in [6, 6.07) is 16.8. The summed E-state index contributed by atoms with van der Waals surface area (Å²) >= 11 is 12.4. The summed E-state index contributed by atoms with van der Waals surface area (Å²) in [5, 5.41) is 4.68. The molecule has 2 N–H and O–H groups in total. The maximum absolute atomic E-state index is 13.2. The molecule has 0 aromatic heterocycles. The molecule has 0 fully saturated rings. The summed E-state index contributed by atoms with van der Waals surface area (Å²) in [4.78, 5) is 0.259. The van der Waals surface area contributed by atoms with E-state index in [-0.39, 0.29) is 22.8 Å². The van der Waals surface area contributed by atoms with Gasteiger partial charge >= 0.3 is 0 Å². The Labute approximate surface area is 204 Å². The van der Waals surface area contributed by atoms with Crippen LogP contribution >= 0.6 is 23.2 Å². The Balaban J connectivity index is 1.49. The molecule has 1 heterocycles. The minimum absolute atomic E-state index is 0.0584. The van der Waals surface area contributed by atoms with Crippen molar-refractivity contribution in [3.8, 4) is 0 Å². The lowest BCUT2D eigenvalue weighted by Crippen LogP contribution is -2.29. The lowest BCUT2D eigenvalue weighted by atomic mass is 9.77. The van der Waals surface area contributed by atoms with E-state index in [4.69, 9.17) is 23.2 Å². The Morgan fingerprint density at radius 3 is 2.55 bits per heavy atom. The molecule has 7 heteroatoms. The number of fused-ring (bicyclic) bond motifs is 3. The molecule has 33 heavy (non-hydrogen) atoms. The van der Waals surface area contributed by atoms with Crippen LogP contribution in [0.3, 0.4) is 0 Å². The number of anilines is 2. The normalized spacial score (nSPS) is 21.3. The molecule has 0 saturated carbocycles. The van der Waals surface area contributed by atoms with Crippen LogP contribution in [-0.4, -0.2) is 8.42 Å². The smallest absolute Gasteiger partial charge is 0.261 e. The van der Waals surface area contributed by atoms with Gasteiger partial charge in [0, 0.05) is 11.6 Å². The molecule has 0 spiro atoms. The van der Waals surface area contributed by atoms with Crippen LogP contribution in [0, 0.1) is 19.8 Å². The highest BCUT2D eigenvalue weighted by Gasteiger charge is 2.38. The van der Waals surface area contributed by atoms with Gasteiger partial charge in [-0.1, -0.05) is 59.1 Å². The molecular weight excluding hydrogens is 475 g/mol. The molecule has 0 radical (unpaired) electrons. The highest BCUT2D eigenvalue weighted by atomic mass is 35.5. The van der Waals surface area contributed by atoms with Gasteiger partial charge in [-0.05, 0) is 79.3 Å². The van der Waals surface area contributed by atoms with E-state index >= 15 is 0 Å². The molecule has 4 nitrogen and oxygen atoms in total. The number of nitrogens with one attached hydrogen (secondary N) is 2. The van der Waals surface area contributed by atoms with E-state index in [0.717, 1.165) is 34.4 Å². The fraction of sp³-hybridized carbons (Fsp3) is 0.231. The molecule has 1 aliphatic carbocycles. The van der Waals surface area contributed by atoms with Crippen LogP contribution in [0.4, 0.5) is 11.4 Å². The average Bonchev–Trinajstić information content (AvgIpc) is 3.27. The van der Waals surface area contributed by atoms with Crippen LogP contribution in [-0.2, 0) is 10.0 Å². The Morgan fingerprint density at radius 2 is 1.79 bits per heavy atom. The third-order valence-corrected chi connectivity index (χ3v) is 8.68. The van der Waals surface area contributed by atoms with Crippen LogP contribution < -0.4 is 10.0 Å². The van der Waals surface area contributed by atoms with Crippen LogP contribution in [0.5, 0.6) is 0 Å². The molecular formula is C26H24Cl2N2O2S. The number of halogens is 2. The summed E-state index contributed by atoms with van der Waals surface area (Å²) in [7, 11) is -3.72. The van der Waals surface area contributed by atoms with Gasteiger partial charge in [-0.15, -0.1) is 0 Å². The predicted molar refractivity (Wildman–Crippen MR) is 136 cm³/mol. The number of hydrogen-bond acceptors (Lipinski definition) is 3. The molecule has 3 aromatic carbocycles. The predicted octanol–water partition coefficient (Wildman–Crippen LogP) is 7.24. The number of benzene rings is 3. The first-order chi connectivity index (χ1) is 15.7. The zero-order valence-corrected chi connectivity index (χ0v) is 20.6. The zero-order chi connectivity index (χ0) is 23.3. The van der Waals surface area contributed by atoms with Crippen molar-refractivity contribution in [3.63, 3.8) is 0 Å². The van der Waals surface area contributed by atoms with Crippen LogP contribution in [0.15, 0.2) is 71.6 Å². The largest absolute Gasteiger partial charge is 0.378 e. The highest BCUT2D eigenvalue weighted by molar-refractivity contribution is 7.92. The van der Waals surface area contributed by atoms with Crippen molar-refractivity contribution in [2.75, 3.05) is 10.0 Å². The highest BCUT2D eigenvalue weighted by Crippen LogP contribution is 2.50. The van der Waals surface area contributed by atoms with E-state index in [2.05, 4.69) is 22.2 Å². The average molecular weight is 499 g/mol. The third-order valence-electron chi connectivity index (χ3n) is 6.57. The SMILES string of the molecule is Cc1ccc(NS(=O)(=O)c2ccc3c(c2)C2C=CCC2C(c2ccc(Cl)c(Cl)c2)N3)c(C)c1. The van der Waals surface area contributed by atoms with Crippen LogP contribution in [0.2, 0.25) is 10.0 Å². The quantitative estimate of drug-likeness (QED) is 0.372. The van der Waals surface area contributed by atoms with Gasteiger partial charge in [-0.3, -0.25) is 4.72 Å². The first-order valence-electron chi connectivity index (χ1n) is 10.8. The van der Waals surface area contributed by atoms with Crippen molar-refractivity contribution in [2.45, 2.75) is 37.1 Å². The van der Waals surface area contributed by atoms with E-state index in [1.165, 1.54) is 0 Å². The molecule has 2 aliphatic rings. The van der Waals surface area contributed by atoms with E-state index < -0.39 is 10.0 Å². The molecule has 0 bridgehead atoms. The molecule has 1 aliphatic heterocycles. The van der Waals surface area contributed by atoms with Crippen molar-refractivity contribution < 1.29 is 8.42 Å². The minimum Gasteiger partial charge on any atom is -0.378 e. The van der Waals surface area contributed by atoms with Gasteiger partial charge in [0.1, 0.15) is 0 Å². The number of rotatable bonds is 4. The maximum Gasteiger partial charge on any atom is 0.261 e. The third kappa shape index (κ3) is 4.14. The van der Waals surface area contributed by atoms with Crippen LogP contribution in [0.1, 0.15) is 40.6 Å². The van der Waals surface area contributed by atoms with Crippen molar-refractivity contribution in [3.05, 3.63) is 99.0 Å². The summed E-state index contributed by atoms with van der Waals surface area (Å²) < 4.78 is 29.1. The second-order valence-corrected chi connectivity index (χ2v) is 11.3.